The lowest BCUT2D eigenvalue weighted by Crippen LogP contribution is -2.44. The fraction of sp³-hybridized carbons (Fsp3) is 0.250. The second-order valence-electron chi connectivity index (χ2n) is 6.39. The second kappa shape index (κ2) is 8.11. The minimum absolute atomic E-state index is 0.0230. The van der Waals surface area contributed by atoms with Gasteiger partial charge in [-0.15, -0.1) is 0 Å². The summed E-state index contributed by atoms with van der Waals surface area (Å²) in [7, 11) is 0. The molecule has 3 amide bonds. The number of hydrogen-bond acceptors (Lipinski definition) is 3. The first-order valence-corrected chi connectivity index (χ1v) is 9.29. The lowest BCUT2D eigenvalue weighted by atomic mass is 9.98. The van der Waals surface area contributed by atoms with Gasteiger partial charge in [0.2, 0.25) is 11.8 Å². The van der Waals surface area contributed by atoms with Crippen molar-refractivity contribution in [1.29, 1.82) is 0 Å². The summed E-state index contributed by atoms with van der Waals surface area (Å²) in [6, 6.07) is 11.8. The van der Waals surface area contributed by atoms with Crippen LogP contribution in [0.1, 0.15) is 40.9 Å². The molecule has 3 rings (SSSR count). The maximum absolute atomic E-state index is 12.5. The highest BCUT2D eigenvalue weighted by molar-refractivity contribution is 6.35. The molecule has 0 spiro atoms. The Morgan fingerprint density at radius 1 is 1.19 bits per heavy atom. The third kappa shape index (κ3) is 4.31. The molecule has 1 aliphatic heterocycles. The molecule has 0 saturated heterocycles. The lowest BCUT2D eigenvalue weighted by molar-refractivity contribution is -0.129. The van der Waals surface area contributed by atoms with Crippen LogP contribution in [-0.2, 0) is 16.0 Å². The van der Waals surface area contributed by atoms with E-state index in [1.54, 1.807) is 49.4 Å². The average molecular weight is 405 g/mol. The van der Waals surface area contributed by atoms with E-state index in [1.807, 2.05) is 0 Å². The average Bonchev–Trinajstić information content (AvgIpc) is 2.61. The minimum atomic E-state index is -0.358. The molecule has 140 valence electrons. The van der Waals surface area contributed by atoms with Gasteiger partial charge in [0.25, 0.3) is 5.91 Å². The molecular formula is C20H18Cl2N2O3. The molecule has 27 heavy (non-hydrogen) atoms. The number of nitrogens with one attached hydrogen (secondary N) is 1. The molecule has 5 nitrogen and oxygen atoms in total. The van der Waals surface area contributed by atoms with E-state index in [0.717, 1.165) is 16.0 Å². The summed E-state index contributed by atoms with van der Waals surface area (Å²) in [5, 5.41) is 3.81. The van der Waals surface area contributed by atoms with Crippen molar-refractivity contribution in [1.82, 2.24) is 10.2 Å². The van der Waals surface area contributed by atoms with Crippen molar-refractivity contribution in [2.75, 3.05) is 6.54 Å². The van der Waals surface area contributed by atoms with Crippen molar-refractivity contribution in [3.8, 4) is 0 Å². The van der Waals surface area contributed by atoms with Gasteiger partial charge in [0.05, 0.1) is 12.5 Å². The summed E-state index contributed by atoms with van der Waals surface area (Å²) in [5.41, 5.74) is 1.98. The zero-order valence-electron chi connectivity index (χ0n) is 14.7. The zero-order chi connectivity index (χ0) is 19.6. The van der Waals surface area contributed by atoms with Crippen LogP contribution in [0, 0.1) is 0 Å². The standard InChI is InChI=1S/C20H18Cl2N2O3/c1-12(15-7-6-14(21)11-17(15)22)23-18(25)8-9-24-19(26)10-13-4-2-3-5-16(13)20(24)27/h2-7,11-12H,8-10H2,1H3,(H,23,25)/t12-/m0/s1. The third-order valence-corrected chi connectivity index (χ3v) is 5.07. The van der Waals surface area contributed by atoms with Crippen molar-refractivity contribution < 1.29 is 14.4 Å². The fourth-order valence-electron chi connectivity index (χ4n) is 3.08. The van der Waals surface area contributed by atoms with Gasteiger partial charge in [-0.1, -0.05) is 47.5 Å². The number of carbonyl (C=O) groups is 3. The highest BCUT2D eigenvalue weighted by Crippen LogP contribution is 2.26. The Bertz CT molecular complexity index is 914. The Hall–Kier alpha value is -2.37. The maximum atomic E-state index is 12.5. The van der Waals surface area contributed by atoms with Crippen molar-refractivity contribution >= 4 is 40.9 Å². The number of rotatable bonds is 5. The van der Waals surface area contributed by atoms with E-state index in [4.69, 9.17) is 23.2 Å². The molecule has 1 atom stereocenters. The van der Waals surface area contributed by atoms with Crippen molar-refractivity contribution in [3.05, 3.63) is 69.2 Å². The minimum Gasteiger partial charge on any atom is -0.349 e. The van der Waals surface area contributed by atoms with Gasteiger partial charge in [-0.3, -0.25) is 19.3 Å². The summed E-state index contributed by atoms with van der Waals surface area (Å²) in [6.45, 7) is 1.85. The molecule has 0 radical (unpaired) electrons. The van der Waals surface area contributed by atoms with Crippen LogP contribution >= 0.6 is 23.2 Å². The van der Waals surface area contributed by atoms with Crippen LogP contribution in [-0.4, -0.2) is 29.2 Å². The van der Waals surface area contributed by atoms with E-state index in [-0.39, 0.29) is 43.1 Å². The molecule has 7 heteroatoms. The van der Waals surface area contributed by atoms with Gasteiger partial charge in [-0.25, -0.2) is 0 Å². The van der Waals surface area contributed by atoms with Crippen molar-refractivity contribution in [2.24, 2.45) is 0 Å². The highest BCUT2D eigenvalue weighted by atomic mass is 35.5. The van der Waals surface area contributed by atoms with E-state index in [1.165, 1.54) is 0 Å². The Morgan fingerprint density at radius 2 is 1.93 bits per heavy atom. The first kappa shape index (κ1) is 19.4. The number of amides is 3. The molecule has 0 saturated carbocycles. The summed E-state index contributed by atoms with van der Waals surface area (Å²) >= 11 is 12.0. The van der Waals surface area contributed by atoms with Crippen molar-refractivity contribution in [2.45, 2.75) is 25.8 Å². The van der Waals surface area contributed by atoms with Crippen LogP contribution in [0.5, 0.6) is 0 Å². The number of halogens is 2. The van der Waals surface area contributed by atoms with Crippen LogP contribution in [0.2, 0.25) is 10.0 Å². The number of fused-ring (bicyclic) bond motifs is 1. The van der Waals surface area contributed by atoms with E-state index < -0.39 is 0 Å². The topological polar surface area (TPSA) is 66.5 Å². The van der Waals surface area contributed by atoms with Gasteiger partial charge < -0.3 is 5.32 Å². The number of nitrogens with zero attached hydrogens (tertiary/aromatic N) is 1. The third-order valence-electron chi connectivity index (χ3n) is 4.50. The molecule has 0 aromatic heterocycles. The van der Waals surface area contributed by atoms with Gasteiger partial charge in [0, 0.05) is 28.6 Å². The molecule has 0 unspecified atom stereocenters. The smallest absolute Gasteiger partial charge is 0.260 e. The monoisotopic (exact) mass is 404 g/mol. The molecule has 0 fully saturated rings. The predicted molar refractivity (Wildman–Crippen MR) is 104 cm³/mol. The first-order valence-electron chi connectivity index (χ1n) is 8.53. The van der Waals surface area contributed by atoms with Crippen LogP contribution in [0.4, 0.5) is 0 Å². The predicted octanol–water partition coefficient (Wildman–Crippen LogP) is 3.79. The van der Waals surface area contributed by atoms with Gasteiger partial charge in [-0.05, 0) is 36.2 Å². The SMILES string of the molecule is C[C@H](NC(=O)CCN1C(=O)Cc2ccccc2C1=O)c1ccc(Cl)cc1Cl. The molecule has 1 heterocycles. The van der Waals surface area contributed by atoms with E-state index in [0.29, 0.717) is 15.6 Å². The Kier molecular flexibility index (Phi) is 5.82. The van der Waals surface area contributed by atoms with Gasteiger partial charge in [-0.2, -0.15) is 0 Å². The maximum Gasteiger partial charge on any atom is 0.260 e. The Labute approximate surface area is 167 Å². The van der Waals surface area contributed by atoms with E-state index >= 15 is 0 Å². The molecule has 2 aromatic carbocycles. The Balaban J connectivity index is 1.60. The summed E-state index contributed by atoms with van der Waals surface area (Å²) in [4.78, 5) is 38.2. The lowest BCUT2D eigenvalue weighted by Gasteiger charge is -2.26. The molecular weight excluding hydrogens is 387 g/mol. The zero-order valence-corrected chi connectivity index (χ0v) is 16.2. The normalized spacial score (nSPS) is 14.7. The quantitative estimate of drug-likeness (QED) is 0.770. The highest BCUT2D eigenvalue weighted by Gasteiger charge is 2.30. The Morgan fingerprint density at radius 3 is 2.67 bits per heavy atom. The molecule has 1 aliphatic rings. The number of imide groups is 1. The number of hydrogen-bond donors (Lipinski definition) is 1. The molecule has 0 bridgehead atoms. The van der Waals surface area contributed by atoms with Crippen LogP contribution in [0.25, 0.3) is 0 Å². The summed E-state index contributed by atoms with van der Waals surface area (Å²) < 4.78 is 0. The molecule has 1 N–H and O–H groups in total. The van der Waals surface area contributed by atoms with Crippen LogP contribution in [0.15, 0.2) is 42.5 Å². The van der Waals surface area contributed by atoms with E-state index in [2.05, 4.69) is 5.32 Å². The number of benzene rings is 2. The van der Waals surface area contributed by atoms with Crippen LogP contribution in [0.3, 0.4) is 0 Å². The van der Waals surface area contributed by atoms with Gasteiger partial charge >= 0.3 is 0 Å². The summed E-state index contributed by atoms with van der Waals surface area (Å²) in [5.74, 6) is -0.920. The van der Waals surface area contributed by atoms with Gasteiger partial charge in [0.15, 0.2) is 0 Å². The van der Waals surface area contributed by atoms with Gasteiger partial charge in [0.1, 0.15) is 0 Å². The molecule has 2 aromatic rings. The fourth-order valence-corrected chi connectivity index (χ4v) is 3.66. The van der Waals surface area contributed by atoms with Crippen LogP contribution < -0.4 is 5.32 Å². The van der Waals surface area contributed by atoms with Crippen molar-refractivity contribution in [3.63, 3.8) is 0 Å². The van der Waals surface area contributed by atoms with E-state index in [9.17, 15) is 14.4 Å². The molecule has 0 aliphatic carbocycles. The largest absolute Gasteiger partial charge is 0.349 e. The number of carbonyl (C=O) groups excluding carboxylic acids is 3. The second-order valence-corrected chi connectivity index (χ2v) is 7.23. The summed E-state index contributed by atoms with van der Waals surface area (Å²) in [6.07, 6.45) is 0.190. The first-order chi connectivity index (χ1) is 12.9.